The first kappa shape index (κ1) is 19.3. The fourth-order valence-corrected chi connectivity index (χ4v) is 6.01. The van der Waals surface area contributed by atoms with Crippen LogP contribution >= 0.6 is 0 Å². The fourth-order valence-electron chi connectivity index (χ4n) is 6.01. The zero-order chi connectivity index (χ0) is 17.1. The summed E-state index contributed by atoms with van der Waals surface area (Å²) < 4.78 is 0. The normalized spacial score (nSPS) is 38.6. The third-order valence-corrected chi connectivity index (χ3v) is 7.64. The van der Waals surface area contributed by atoms with E-state index in [9.17, 15) is 0 Å². The summed E-state index contributed by atoms with van der Waals surface area (Å²) >= 11 is 0. The molecular weight excluding hydrogens is 276 g/mol. The second-order valence-electron chi connectivity index (χ2n) is 9.97. The van der Waals surface area contributed by atoms with Crippen molar-refractivity contribution < 1.29 is 0 Å². The van der Waals surface area contributed by atoms with Gasteiger partial charge >= 0.3 is 0 Å². The molecule has 0 spiro atoms. The van der Waals surface area contributed by atoms with Crippen LogP contribution in [0.15, 0.2) is 0 Å². The monoisotopic (exact) mass is 320 g/mol. The van der Waals surface area contributed by atoms with Crippen molar-refractivity contribution in [3.63, 3.8) is 0 Å². The van der Waals surface area contributed by atoms with E-state index in [4.69, 9.17) is 0 Å². The zero-order valence-corrected chi connectivity index (χ0v) is 17.1. The first-order chi connectivity index (χ1) is 10.8. The van der Waals surface area contributed by atoms with Gasteiger partial charge in [0.2, 0.25) is 0 Å². The number of rotatable bonds is 11. The molecule has 2 fully saturated rings. The Labute approximate surface area is 147 Å². The Morgan fingerprint density at radius 2 is 1.26 bits per heavy atom. The first-order valence-corrected chi connectivity index (χ1v) is 10.8. The minimum absolute atomic E-state index is 0.873. The lowest BCUT2D eigenvalue weighted by Crippen LogP contribution is -2.04. The average Bonchev–Trinajstić information content (AvgIpc) is 3.29. The van der Waals surface area contributed by atoms with Crippen LogP contribution in [-0.2, 0) is 0 Å². The third kappa shape index (κ3) is 5.23. The molecule has 0 aromatic heterocycles. The van der Waals surface area contributed by atoms with Gasteiger partial charge in [-0.25, -0.2) is 0 Å². The quantitative estimate of drug-likeness (QED) is 0.347. The molecule has 0 radical (unpaired) electrons. The van der Waals surface area contributed by atoms with E-state index < -0.39 is 0 Å². The summed E-state index contributed by atoms with van der Waals surface area (Å²) in [5.41, 5.74) is 0. The van der Waals surface area contributed by atoms with Crippen LogP contribution in [0.25, 0.3) is 0 Å². The van der Waals surface area contributed by atoms with Crippen LogP contribution in [0.2, 0.25) is 0 Å². The van der Waals surface area contributed by atoms with E-state index in [0.717, 1.165) is 53.3 Å². The van der Waals surface area contributed by atoms with Crippen LogP contribution in [0.4, 0.5) is 0 Å². The molecule has 23 heavy (non-hydrogen) atoms. The van der Waals surface area contributed by atoms with Crippen molar-refractivity contribution >= 4 is 0 Å². The van der Waals surface area contributed by atoms with Crippen molar-refractivity contribution in [2.45, 2.75) is 93.4 Å². The zero-order valence-electron chi connectivity index (χ0n) is 17.1. The Balaban J connectivity index is 1.48. The molecule has 0 heterocycles. The summed E-state index contributed by atoms with van der Waals surface area (Å²) in [5.74, 6) is 9.00. The van der Waals surface area contributed by atoms with Gasteiger partial charge < -0.3 is 0 Å². The van der Waals surface area contributed by atoms with Crippen LogP contribution < -0.4 is 0 Å². The van der Waals surface area contributed by atoms with Gasteiger partial charge in [0, 0.05) is 0 Å². The highest BCUT2D eigenvalue weighted by molar-refractivity contribution is 4.96. The molecule has 0 aromatic carbocycles. The topological polar surface area (TPSA) is 0 Å². The van der Waals surface area contributed by atoms with Crippen molar-refractivity contribution in [1.82, 2.24) is 0 Å². The molecule has 0 amide bonds. The van der Waals surface area contributed by atoms with Crippen LogP contribution in [0, 0.1) is 53.3 Å². The van der Waals surface area contributed by atoms with E-state index in [1.165, 1.54) is 44.9 Å². The third-order valence-electron chi connectivity index (χ3n) is 7.64. The maximum atomic E-state index is 2.51. The van der Waals surface area contributed by atoms with Crippen molar-refractivity contribution in [3.8, 4) is 0 Å². The van der Waals surface area contributed by atoms with Gasteiger partial charge in [-0.15, -0.1) is 0 Å². The summed E-state index contributed by atoms with van der Waals surface area (Å²) in [6.45, 7) is 17.1. The van der Waals surface area contributed by atoms with Gasteiger partial charge in [-0.05, 0) is 66.1 Å². The van der Waals surface area contributed by atoms with Gasteiger partial charge in [0.1, 0.15) is 0 Å². The van der Waals surface area contributed by atoms with Gasteiger partial charge in [-0.2, -0.15) is 0 Å². The summed E-state index contributed by atoms with van der Waals surface area (Å²) in [6, 6.07) is 0. The van der Waals surface area contributed by atoms with Gasteiger partial charge in [0.15, 0.2) is 0 Å². The van der Waals surface area contributed by atoms with Crippen LogP contribution in [0.1, 0.15) is 93.4 Å². The molecule has 2 aliphatic carbocycles. The molecule has 0 N–H and O–H groups in total. The second kappa shape index (κ2) is 8.39. The molecule has 7 unspecified atom stereocenters. The Morgan fingerprint density at radius 1 is 0.652 bits per heavy atom. The van der Waals surface area contributed by atoms with E-state index in [-0.39, 0.29) is 0 Å². The first-order valence-electron chi connectivity index (χ1n) is 10.8. The van der Waals surface area contributed by atoms with Gasteiger partial charge in [-0.3, -0.25) is 0 Å². The molecule has 0 heteroatoms. The van der Waals surface area contributed by atoms with Crippen molar-refractivity contribution in [3.05, 3.63) is 0 Å². The predicted molar refractivity (Wildman–Crippen MR) is 103 cm³/mol. The van der Waals surface area contributed by atoms with Crippen LogP contribution in [0.5, 0.6) is 0 Å². The molecule has 7 atom stereocenters. The van der Waals surface area contributed by atoms with E-state index in [2.05, 4.69) is 48.5 Å². The molecule has 0 aliphatic heterocycles. The molecule has 2 aliphatic rings. The van der Waals surface area contributed by atoms with Crippen LogP contribution in [0.3, 0.4) is 0 Å². The van der Waals surface area contributed by atoms with Gasteiger partial charge in [-0.1, -0.05) is 80.6 Å². The molecule has 0 aromatic rings. The summed E-state index contributed by atoms with van der Waals surface area (Å²) in [6.07, 6.45) is 10.4. The highest BCUT2D eigenvalue weighted by Crippen LogP contribution is 2.54. The maximum Gasteiger partial charge on any atom is -0.0329 e. The minimum atomic E-state index is 0.873. The Hall–Kier alpha value is 0. The number of unbranched alkanes of at least 4 members (excludes halogenated alkanes) is 3. The van der Waals surface area contributed by atoms with Crippen LogP contribution in [-0.4, -0.2) is 0 Å². The van der Waals surface area contributed by atoms with Crippen molar-refractivity contribution in [1.29, 1.82) is 0 Å². The standard InChI is InChI=1S/C23H44/c1-15(2)14-17(4)23-20(7)21(23)13-11-9-8-10-12-16(3)22-18(5)19(22)6/h15-23H,8-14H2,1-7H3. The van der Waals surface area contributed by atoms with E-state index >= 15 is 0 Å². The summed E-state index contributed by atoms with van der Waals surface area (Å²) in [7, 11) is 0. The minimum Gasteiger partial charge on any atom is -0.0628 e. The van der Waals surface area contributed by atoms with Gasteiger partial charge in [0.05, 0.1) is 0 Å². The predicted octanol–water partition coefficient (Wildman–Crippen LogP) is 7.43. The number of hydrogen-bond donors (Lipinski definition) is 0. The second-order valence-corrected chi connectivity index (χ2v) is 9.97. The summed E-state index contributed by atoms with van der Waals surface area (Å²) in [4.78, 5) is 0. The molecule has 2 rings (SSSR count). The van der Waals surface area contributed by atoms with Crippen molar-refractivity contribution in [2.24, 2.45) is 53.3 Å². The van der Waals surface area contributed by atoms with E-state index in [0.29, 0.717) is 0 Å². The van der Waals surface area contributed by atoms with Crippen molar-refractivity contribution in [2.75, 3.05) is 0 Å². The lowest BCUT2D eigenvalue weighted by atomic mass is 9.92. The highest BCUT2D eigenvalue weighted by atomic mass is 14.5. The smallest absolute Gasteiger partial charge is 0.0329 e. The maximum absolute atomic E-state index is 2.51. The summed E-state index contributed by atoms with van der Waals surface area (Å²) in [5, 5.41) is 0. The molecule has 0 bridgehead atoms. The Bertz CT molecular complexity index is 336. The average molecular weight is 321 g/mol. The highest BCUT2D eigenvalue weighted by Gasteiger charge is 2.48. The lowest BCUT2D eigenvalue weighted by molar-refractivity contribution is 0.367. The number of hydrogen-bond acceptors (Lipinski definition) is 0. The Kier molecular flexibility index (Phi) is 7.05. The molecular formula is C23H44. The van der Waals surface area contributed by atoms with E-state index in [1.54, 1.807) is 0 Å². The largest absolute Gasteiger partial charge is 0.0628 e. The molecule has 0 nitrogen and oxygen atoms in total. The molecule has 2 saturated carbocycles. The van der Waals surface area contributed by atoms with E-state index in [1.807, 2.05) is 0 Å². The lowest BCUT2D eigenvalue weighted by Gasteiger charge is -2.14. The molecule has 136 valence electrons. The van der Waals surface area contributed by atoms with Gasteiger partial charge in [0.25, 0.3) is 0 Å². The Morgan fingerprint density at radius 3 is 1.83 bits per heavy atom. The molecule has 0 saturated heterocycles. The SMILES string of the molecule is CC(C)CC(C)C1C(C)C1CCCCCCC(C)C1C(C)C1C. The fraction of sp³-hybridized carbons (Fsp3) is 1.00.